The van der Waals surface area contributed by atoms with Crippen LogP contribution in [-0.4, -0.2) is 48.7 Å². The Bertz CT molecular complexity index is 907. The molecule has 174 valence electrons. The van der Waals surface area contributed by atoms with Crippen LogP contribution < -0.4 is 10.1 Å². The average molecular weight is 463 g/mol. The Balaban J connectivity index is 2.41. The molecule has 1 N–H and O–H groups in total. The highest BCUT2D eigenvalue weighted by atomic mass is 32.1. The van der Waals surface area contributed by atoms with Gasteiger partial charge >= 0.3 is 12.1 Å². The summed E-state index contributed by atoms with van der Waals surface area (Å²) in [7, 11) is 1.48. The molecule has 32 heavy (non-hydrogen) atoms. The van der Waals surface area contributed by atoms with Gasteiger partial charge in [0.2, 0.25) is 0 Å². The molecular formula is C23H30N2O6S. The molecule has 0 radical (unpaired) electrons. The summed E-state index contributed by atoms with van der Waals surface area (Å²) in [6.07, 6.45) is -0.756. The van der Waals surface area contributed by atoms with Crippen LogP contribution in [0.5, 0.6) is 5.75 Å². The molecular weight excluding hydrogens is 432 g/mol. The molecule has 2 amide bonds. The van der Waals surface area contributed by atoms with E-state index in [1.54, 1.807) is 52.0 Å². The van der Waals surface area contributed by atoms with Crippen molar-refractivity contribution < 1.29 is 28.6 Å². The lowest BCUT2D eigenvalue weighted by Gasteiger charge is -2.29. The lowest BCUT2D eigenvalue weighted by Crippen LogP contribution is -2.46. The maximum absolute atomic E-state index is 13.7. The van der Waals surface area contributed by atoms with E-state index < -0.39 is 29.6 Å². The van der Waals surface area contributed by atoms with Gasteiger partial charge in [0.1, 0.15) is 23.9 Å². The van der Waals surface area contributed by atoms with E-state index in [2.05, 4.69) is 5.32 Å². The van der Waals surface area contributed by atoms with Crippen molar-refractivity contribution in [3.8, 4) is 5.75 Å². The van der Waals surface area contributed by atoms with Crippen molar-refractivity contribution in [2.75, 3.05) is 20.3 Å². The summed E-state index contributed by atoms with van der Waals surface area (Å²) in [4.78, 5) is 40.7. The first kappa shape index (κ1) is 25.2. The van der Waals surface area contributed by atoms with Crippen LogP contribution in [0.3, 0.4) is 0 Å². The number of ether oxygens (including phenoxy) is 3. The summed E-state index contributed by atoms with van der Waals surface area (Å²) in [5.41, 5.74) is -0.300. The number of para-hydroxylation sites is 1. The Morgan fingerprint density at radius 3 is 2.44 bits per heavy atom. The molecule has 2 rings (SSSR count). The number of nitrogens with zero attached hydrogens (tertiary/aromatic N) is 1. The molecule has 1 atom stereocenters. The van der Waals surface area contributed by atoms with Gasteiger partial charge in [-0.15, -0.1) is 11.3 Å². The van der Waals surface area contributed by atoms with E-state index in [4.69, 9.17) is 14.2 Å². The summed E-state index contributed by atoms with van der Waals surface area (Å²) in [6, 6.07) is 9.49. The molecule has 0 fully saturated rings. The standard InChI is InChI=1S/C23H30N2O6S/c1-6-30-19(26)15-25(14-16-10-9-13-32-16)21(27)20(24-22(28)31-23(2,3)4)17-11-7-8-12-18(17)29-5/h7-13,20H,6,14-15H2,1-5H3,(H,24,28)/t20-/m1/s1. The molecule has 1 aromatic carbocycles. The molecule has 8 nitrogen and oxygen atoms in total. The van der Waals surface area contributed by atoms with E-state index in [-0.39, 0.29) is 19.7 Å². The Labute approximate surface area is 192 Å². The summed E-state index contributed by atoms with van der Waals surface area (Å²) < 4.78 is 15.8. The van der Waals surface area contributed by atoms with Crippen molar-refractivity contribution in [3.63, 3.8) is 0 Å². The van der Waals surface area contributed by atoms with E-state index in [0.717, 1.165) is 4.88 Å². The molecule has 0 spiro atoms. The summed E-state index contributed by atoms with van der Waals surface area (Å²) >= 11 is 1.46. The number of hydrogen-bond donors (Lipinski definition) is 1. The van der Waals surface area contributed by atoms with Crippen LogP contribution in [-0.2, 0) is 25.6 Å². The molecule has 0 aliphatic rings. The van der Waals surface area contributed by atoms with E-state index in [0.29, 0.717) is 11.3 Å². The van der Waals surface area contributed by atoms with Gasteiger partial charge < -0.3 is 24.4 Å². The van der Waals surface area contributed by atoms with E-state index in [1.807, 2.05) is 17.5 Å². The fourth-order valence-electron chi connectivity index (χ4n) is 2.95. The fourth-order valence-corrected chi connectivity index (χ4v) is 3.67. The number of thiophene rings is 1. The van der Waals surface area contributed by atoms with Crippen molar-refractivity contribution in [2.45, 2.75) is 45.9 Å². The zero-order chi connectivity index (χ0) is 23.7. The molecule has 0 aliphatic carbocycles. The molecule has 0 unspecified atom stereocenters. The Hall–Kier alpha value is -3.07. The molecule has 0 saturated carbocycles. The highest BCUT2D eigenvalue weighted by molar-refractivity contribution is 7.09. The largest absolute Gasteiger partial charge is 0.496 e. The molecule has 0 saturated heterocycles. The van der Waals surface area contributed by atoms with Crippen LogP contribution in [0.25, 0.3) is 0 Å². The van der Waals surface area contributed by atoms with Gasteiger partial charge in [0.25, 0.3) is 5.91 Å². The van der Waals surface area contributed by atoms with E-state index in [9.17, 15) is 14.4 Å². The van der Waals surface area contributed by atoms with Crippen molar-refractivity contribution in [3.05, 3.63) is 52.2 Å². The molecule has 1 aromatic heterocycles. The summed E-state index contributed by atoms with van der Waals surface area (Å²) in [5, 5.41) is 4.54. The smallest absolute Gasteiger partial charge is 0.408 e. The lowest BCUT2D eigenvalue weighted by atomic mass is 10.0. The van der Waals surface area contributed by atoms with Gasteiger partial charge in [0.15, 0.2) is 0 Å². The van der Waals surface area contributed by atoms with Gasteiger partial charge in [-0.05, 0) is 45.2 Å². The monoisotopic (exact) mass is 462 g/mol. The first-order valence-corrected chi connectivity index (χ1v) is 11.1. The summed E-state index contributed by atoms with van der Waals surface area (Å²) in [5.74, 6) is -0.593. The quantitative estimate of drug-likeness (QED) is 0.568. The van der Waals surface area contributed by atoms with Gasteiger partial charge in [-0.1, -0.05) is 24.3 Å². The van der Waals surface area contributed by atoms with Crippen molar-refractivity contribution in [2.24, 2.45) is 0 Å². The topological polar surface area (TPSA) is 94.2 Å². The minimum Gasteiger partial charge on any atom is -0.496 e. The van der Waals surface area contributed by atoms with Crippen LogP contribution in [0.4, 0.5) is 4.79 Å². The van der Waals surface area contributed by atoms with E-state index >= 15 is 0 Å². The number of amides is 2. The van der Waals surface area contributed by atoms with Gasteiger partial charge in [-0.25, -0.2) is 4.79 Å². The molecule has 1 heterocycles. The highest BCUT2D eigenvalue weighted by Crippen LogP contribution is 2.28. The van der Waals surface area contributed by atoms with Gasteiger partial charge in [-0.3, -0.25) is 9.59 Å². The number of carbonyl (C=O) groups is 3. The Morgan fingerprint density at radius 2 is 1.84 bits per heavy atom. The predicted molar refractivity (Wildman–Crippen MR) is 121 cm³/mol. The lowest BCUT2D eigenvalue weighted by molar-refractivity contribution is -0.150. The first-order valence-electron chi connectivity index (χ1n) is 10.2. The number of esters is 1. The predicted octanol–water partition coefficient (Wildman–Crippen LogP) is 3.91. The third kappa shape index (κ3) is 7.56. The maximum Gasteiger partial charge on any atom is 0.408 e. The second kappa shape index (κ2) is 11.5. The van der Waals surface area contributed by atoms with Crippen LogP contribution in [0.1, 0.15) is 44.2 Å². The zero-order valence-electron chi connectivity index (χ0n) is 19.0. The number of benzene rings is 1. The fraction of sp³-hybridized carbons (Fsp3) is 0.435. The molecule has 0 aliphatic heterocycles. The highest BCUT2D eigenvalue weighted by Gasteiger charge is 2.32. The number of alkyl carbamates (subject to hydrolysis) is 1. The summed E-state index contributed by atoms with van der Waals surface area (Å²) in [6.45, 7) is 7.03. The second-order valence-electron chi connectivity index (χ2n) is 7.90. The normalized spacial score (nSPS) is 11.9. The van der Waals surface area contributed by atoms with Crippen molar-refractivity contribution >= 4 is 29.3 Å². The number of rotatable bonds is 9. The number of hydrogen-bond acceptors (Lipinski definition) is 7. The van der Waals surface area contributed by atoms with Crippen molar-refractivity contribution in [1.82, 2.24) is 10.2 Å². The third-order valence-electron chi connectivity index (χ3n) is 4.22. The Morgan fingerprint density at radius 1 is 1.12 bits per heavy atom. The molecule has 0 bridgehead atoms. The molecule has 2 aromatic rings. The van der Waals surface area contributed by atoms with Gasteiger partial charge in [-0.2, -0.15) is 0 Å². The Kier molecular flexibility index (Phi) is 9.07. The first-order chi connectivity index (χ1) is 15.1. The van der Waals surface area contributed by atoms with Crippen molar-refractivity contribution in [1.29, 1.82) is 0 Å². The third-order valence-corrected chi connectivity index (χ3v) is 5.08. The minimum absolute atomic E-state index is 0.191. The average Bonchev–Trinajstić information content (AvgIpc) is 3.23. The van der Waals surface area contributed by atoms with Crippen LogP contribution in [0, 0.1) is 0 Å². The number of carbonyl (C=O) groups excluding carboxylic acids is 3. The van der Waals surface area contributed by atoms with Crippen LogP contribution in [0.15, 0.2) is 41.8 Å². The SMILES string of the molecule is CCOC(=O)CN(Cc1cccs1)C(=O)[C@H](NC(=O)OC(C)(C)C)c1ccccc1OC. The maximum atomic E-state index is 13.7. The van der Waals surface area contributed by atoms with Gasteiger partial charge in [0.05, 0.1) is 20.3 Å². The number of nitrogens with one attached hydrogen (secondary N) is 1. The minimum atomic E-state index is -1.13. The van der Waals surface area contributed by atoms with Crippen LogP contribution >= 0.6 is 11.3 Å². The second-order valence-corrected chi connectivity index (χ2v) is 8.93. The molecule has 9 heteroatoms. The van der Waals surface area contributed by atoms with Gasteiger partial charge in [0, 0.05) is 10.4 Å². The van der Waals surface area contributed by atoms with E-state index in [1.165, 1.54) is 23.3 Å². The zero-order valence-corrected chi connectivity index (χ0v) is 19.9. The van der Waals surface area contributed by atoms with Crippen LogP contribution in [0.2, 0.25) is 0 Å². The number of methoxy groups -OCH3 is 1.